The summed E-state index contributed by atoms with van der Waals surface area (Å²) in [6, 6.07) is 6.67. The van der Waals surface area contributed by atoms with Crippen molar-refractivity contribution in [3.63, 3.8) is 0 Å². The Morgan fingerprint density at radius 3 is 2.28 bits per heavy atom. The zero-order chi connectivity index (χ0) is 26.9. The number of hydrogen-bond donors (Lipinski definition) is 3. The summed E-state index contributed by atoms with van der Waals surface area (Å²) < 4.78 is 5.94. The van der Waals surface area contributed by atoms with E-state index >= 15 is 0 Å². The number of esters is 1. The lowest BCUT2D eigenvalue weighted by Gasteiger charge is -2.34. The van der Waals surface area contributed by atoms with Crippen LogP contribution in [0.3, 0.4) is 0 Å². The molecule has 1 aromatic rings. The minimum absolute atomic E-state index is 0.0576. The number of nitrogens with one attached hydrogen (secondary N) is 3. The fraction of sp³-hybridized carbons (Fsp3) is 0.643. The lowest BCUT2D eigenvalue weighted by atomic mass is 9.81. The first-order valence-electron chi connectivity index (χ1n) is 13.1. The molecule has 8 heteroatoms. The van der Waals surface area contributed by atoms with E-state index in [-0.39, 0.29) is 24.7 Å². The first-order chi connectivity index (χ1) is 17.0. The Morgan fingerprint density at radius 2 is 1.67 bits per heavy atom. The maximum atomic E-state index is 13.4. The lowest BCUT2D eigenvalue weighted by Crippen LogP contribution is -2.57. The third-order valence-corrected chi connectivity index (χ3v) is 7.20. The van der Waals surface area contributed by atoms with Crippen LogP contribution in [0.25, 0.3) is 0 Å². The van der Waals surface area contributed by atoms with Crippen molar-refractivity contribution >= 4 is 23.7 Å². The molecule has 8 nitrogen and oxygen atoms in total. The zero-order valence-electron chi connectivity index (χ0n) is 22.6. The van der Waals surface area contributed by atoms with Gasteiger partial charge in [0.1, 0.15) is 24.2 Å². The summed E-state index contributed by atoms with van der Waals surface area (Å²) in [6.07, 6.45) is 2.87. The Balaban J connectivity index is 2.41. The van der Waals surface area contributed by atoms with Gasteiger partial charge in [-0.05, 0) is 36.7 Å². The van der Waals surface area contributed by atoms with Gasteiger partial charge in [-0.2, -0.15) is 0 Å². The highest BCUT2D eigenvalue weighted by atomic mass is 16.5. The van der Waals surface area contributed by atoms with Gasteiger partial charge in [0.2, 0.25) is 17.7 Å². The molecule has 0 aliphatic carbocycles. The van der Waals surface area contributed by atoms with Gasteiger partial charge in [-0.3, -0.25) is 14.4 Å². The van der Waals surface area contributed by atoms with Gasteiger partial charge < -0.3 is 20.7 Å². The number of ether oxygens (including phenoxy) is 1. The summed E-state index contributed by atoms with van der Waals surface area (Å²) in [5.74, 6) is -1.93. The van der Waals surface area contributed by atoms with Crippen molar-refractivity contribution in [1.82, 2.24) is 16.0 Å². The molecular formula is C28H43N3O5. The van der Waals surface area contributed by atoms with E-state index < -0.39 is 47.4 Å². The summed E-state index contributed by atoms with van der Waals surface area (Å²) in [6.45, 7) is 11.3. The van der Waals surface area contributed by atoms with E-state index in [1.54, 1.807) is 6.92 Å². The predicted octanol–water partition coefficient (Wildman–Crippen LogP) is 3.28. The Hall–Kier alpha value is -2.90. The number of benzene rings is 1. The van der Waals surface area contributed by atoms with Crippen molar-refractivity contribution in [1.29, 1.82) is 0 Å². The van der Waals surface area contributed by atoms with Gasteiger partial charge in [0.15, 0.2) is 0 Å². The smallest absolute Gasteiger partial charge is 0.329 e. The van der Waals surface area contributed by atoms with Crippen LogP contribution in [-0.4, -0.2) is 47.9 Å². The molecule has 3 N–H and O–H groups in total. The summed E-state index contributed by atoms with van der Waals surface area (Å²) in [7, 11) is 0. The largest absolute Gasteiger partial charge is 0.460 e. The molecule has 1 aliphatic heterocycles. The molecule has 1 aromatic carbocycles. The molecule has 3 amide bonds. The SMILES string of the molecule is CCCC[C@@H](C)[C@@H]1CC(=O)N[C@@H](Cc2ccccc2)C(=O)N[C@@H](C)C(=O)N[C@H](C(C)(C)CC)C(=O)O1. The van der Waals surface area contributed by atoms with Gasteiger partial charge in [-0.25, -0.2) is 4.79 Å². The maximum Gasteiger partial charge on any atom is 0.329 e. The van der Waals surface area contributed by atoms with Gasteiger partial charge in [0.05, 0.1) is 6.42 Å². The van der Waals surface area contributed by atoms with E-state index in [0.29, 0.717) is 6.42 Å². The average Bonchev–Trinajstić information content (AvgIpc) is 2.84. The molecule has 200 valence electrons. The molecule has 0 unspecified atom stereocenters. The van der Waals surface area contributed by atoms with Gasteiger partial charge in [0.25, 0.3) is 0 Å². The van der Waals surface area contributed by atoms with E-state index in [9.17, 15) is 19.2 Å². The molecule has 1 fully saturated rings. The molecule has 0 radical (unpaired) electrons. The minimum Gasteiger partial charge on any atom is -0.460 e. The Labute approximate surface area is 215 Å². The summed E-state index contributed by atoms with van der Waals surface area (Å²) in [4.78, 5) is 52.7. The highest BCUT2D eigenvalue weighted by Gasteiger charge is 2.40. The van der Waals surface area contributed by atoms with Crippen LogP contribution in [0, 0.1) is 11.3 Å². The van der Waals surface area contributed by atoms with Crippen molar-refractivity contribution in [2.45, 2.75) is 104 Å². The van der Waals surface area contributed by atoms with Crippen molar-refractivity contribution in [3.8, 4) is 0 Å². The lowest BCUT2D eigenvalue weighted by molar-refractivity contribution is -0.160. The van der Waals surface area contributed by atoms with Crippen LogP contribution in [0.1, 0.15) is 79.2 Å². The molecular weight excluding hydrogens is 458 g/mol. The van der Waals surface area contributed by atoms with Gasteiger partial charge >= 0.3 is 5.97 Å². The van der Waals surface area contributed by atoms with E-state index in [2.05, 4.69) is 22.9 Å². The molecule has 2 rings (SSSR count). The number of carbonyl (C=O) groups is 4. The van der Waals surface area contributed by atoms with Gasteiger partial charge in [0, 0.05) is 6.42 Å². The highest BCUT2D eigenvalue weighted by molar-refractivity contribution is 5.94. The Bertz CT molecular complexity index is 902. The van der Waals surface area contributed by atoms with E-state index in [4.69, 9.17) is 4.74 Å². The quantitative estimate of drug-likeness (QED) is 0.473. The second kappa shape index (κ2) is 13.4. The summed E-state index contributed by atoms with van der Waals surface area (Å²) in [5, 5.41) is 8.34. The molecule has 1 aliphatic rings. The highest BCUT2D eigenvalue weighted by Crippen LogP contribution is 2.28. The molecule has 0 aromatic heterocycles. The van der Waals surface area contributed by atoms with Crippen LogP contribution in [0.15, 0.2) is 30.3 Å². The number of amides is 3. The number of unbranched alkanes of at least 4 members (excludes halogenated alkanes) is 1. The summed E-state index contributed by atoms with van der Waals surface area (Å²) >= 11 is 0. The summed E-state index contributed by atoms with van der Waals surface area (Å²) in [5.41, 5.74) is 0.287. The van der Waals surface area contributed by atoms with Crippen molar-refractivity contribution in [3.05, 3.63) is 35.9 Å². The van der Waals surface area contributed by atoms with Crippen LogP contribution in [0.4, 0.5) is 0 Å². The normalized spacial score (nSPS) is 25.3. The molecule has 1 heterocycles. The van der Waals surface area contributed by atoms with Crippen molar-refractivity contribution in [2.75, 3.05) is 0 Å². The number of rotatable bonds is 8. The van der Waals surface area contributed by atoms with Crippen molar-refractivity contribution < 1.29 is 23.9 Å². The van der Waals surface area contributed by atoms with Gasteiger partial charge in [-0.1, -0.05) is 77.8 Å². The van der Waals surface area contributed by atoms with Crippen LogP contribution in [-0.2, 0) is 30.3 Å². The molecule has 0 saturated carbocycles. The van der Waals surface area contributed by atoms with Crippen LogP contribution in [0.5, 0.6) is 0 Å². The first-order valence-corrected chi connectivity index (χ1v) is 13.1. The predicted molar refractivity (Wildman–Crippen MR) is 139 cm³/mol. The fourth-order valence-electron chi connectivity index (χ4n) is 4.21. The third kappa shape index (κ3) is 8.35. The fourth-order valence-corrected chi connectivity index (χ4v) is 4.21. The van der Waals surface area contributed by atoms with E-state index in [1.807, 2.05) is 58.0 Å². The van der Waals surface area contributed by atoms with Crippen LogP contribution in [0.2, 0.25) is 0 Å². The van der Waals surface area contributed by atoms with Gasteiger partial charge in [-0.15, -0.1) is 0 Å². The maximum absolute atomic E-state index is 13.4. The topological polar surface area (TPSA) is 114 Å². The number of hydrogen-bond acceptors (Lipinski definition) is 5. The third-order valence-electron chi connectivity index (χ3n) is 7.20. The van der Waals surface area contributed by atoms with Crippen LogP contribution < -0.4 is 16.0 Å². The molecule has 36 heavy (non-hydrogen) atoms. The zero-order valence-corrected chi connectivity index (χ0v) is 22.6. The Morgan fingerprint density at radius 1 is 1.00 bits per heavy atom. The molecule has 5 atom stereocenters. The van der Waals surface area contributed by atoms with E-state index in [0.717, 1.165) is 24.8 Å². The number of cyclic esters (lactones) is 1. The first kappa shape index (κ1) is 29.3. The second-order valence-corrected chi connectivity index (χ2v) is 10.6. The molecule has 0 bridgehead atoms. The van der Waals surface area contributed by atoms with E-state index in [1.165, 1.54) is 0 Å². The van der Waals surface area contributed by atoms with Crippen LogP contribution >= 0.6 is 0 Å². The number of carbonyl (C=O) groups excluding carboxylic acids is 4. The molecule has 1 saturated heterocycles. The minimum atomic E-state index is -0.917. The average molecular weight is 502 g/mol. The second-order valence-electron chi connectivity index (χ2n) is 10.6. The Kier molecular flexibility index (Phi) is 10.9. The standard InChI is InChI=1S/C28H43N3O5/c1-7-9-13-18(3)22-17-23(32)30-21(16-20-14-11-10-12-15-20)26(34)29-19(4)25(33)31-24(27(35)36-22)28(5,6)8-2/h10-12,14-15,18-19,21-22,24H,7-9,13,16-17H2,1-6H3,(H,29,34)(H,30,32)(H,31,33)/t18-,19+,21+,22+,24+/m1/s1. The monoisotopic (exact) mass is 501 g/mol. The molecule has 0 spiro atoms. The van der Waals surface area contributed by atoms with Crippen molar-refractivity contribution in [2.24, 2.45) is 11.3 Å².